The van der Waals surface area contributed by atoms with E-state index in [2.05, 4.69) is 55.5 Å². The molecule has 0 saturated heterocycles. The molecule has 2 rings (SSSR count). The Balaban J connectivity index is 1.92. The van der Waals surface area contributed by atoms with Gasteiger partial charge in [0.25, 0.3) is 0 Å². The number of ether oxygens (including phenoxy) is 2. The predicted molar refractivity (Wildman–Crippen MR) is 111 cm³/mol. The van der Waals surface area contributed by atoms with Crippen LogP contribution in [0.3, 0.4) is 0 Å². The topological polar surface area (TPSA) is 60.5 Å². The maximum absolute atomic E-state index is 11.7. The van der Waals surface area contributed by atoms with Crippen LogP contribution in [0.2, 0.25) is 0 Å². The van der Waals surface area contributed by atoms with Crippen LogP contribution in [0.4, 0.5) is 5.82 Å². The molecular weight excluding hydrogens is 534 g/mol. The molecule has 0 fully saturated rings. The van der Waals surface area contributed by atoms with E-state index in [9.17, 15) is 4.79 Å². The van der Waals surface area contributed by atoms with Gasteiger partial charge < -0.3 is 14.8 Å². The van der Waals surface area contributed by atoms with E-state index in [1.807, 2.05) is 31.2 Å². The van der Waals surface area contributed by atoms with E-state index in [4.69, 9.17) is 9.47 Å². The maximum Gasteiger partial charge on any atom is 0.339 e. The molecule has 1 aromatic heterocycles. The summed E-state index contributed by atoms with van der Waals surface area (Å²) in [6.45, 7) is 4.66. The molecule has 7 heteroatoms. The van der Waals surface area contributed by atoms with Gasteiger partial charge in [-0.05, 0) is 89.4 Å². The van der Waals surface area contributed by atoms with Crippen LogP contribution in [0, 0.1) is 7.14 Å². The van der Waals surface area contributed by atoms with Crippen LogP contribution in [0.15, 0.2) is 36.5 Å². The number of hydrogen-bond acceptors (Lipinski definition) is 5. The predicted octanol–water partition coefficient (Wildman–Crippen LogP) is 4.35. The van der Waals surface area contributed by atoms with Crippen molar-refractivity contribution in [1.82, 2.24) is 4.98 Å². The van der Waals surface area contributed by atoms with E-state index in [1.165, 1.54) is 9.77 Å². The molecule has 0 aliphatic carbocycles. The summed E-state index contributed by atoms with van der Waals surface area (Å²) < 4.78 is 12.8. The molecule has 2 aromatic rings. The van der Waals surface area contributed by atoms with E-state index in [0.29, 0.717) is 18.8 Å². The SMILES string of the molecule is CCOC(=O)c1cnc(N[C@H](C)COc2ccc(I)cc2)c(I)c1. The van der Waals surface area contributed by atoms with Crippen LogP contribution in [0.1, 0.15) is 24.2 Å². The minimum atomic E-state index is -0.357. The Morgan fingerprint density at radius 1 is 1.29 bits per heavy atom. The second kappa shape index (κ2) is 9.40. The molecule has 0 aliphatic heterocycles. The summed E-state index contributed by atoms with van der Waals surface area (Å²) in [7, 11) is 0. The summed E-state index contributed by atoms with van der Waals surface area (Å²) in [5.41, 5.74) is 0.453. The molecule has 0 saturated carbocycles. The summed E-state index contributed by atoms with van der Waals surface area (Å²) in [5.74, 6) is 1.20. The number of carbonyl (C=O) groups excluding carboxylic acids is 1. The average molecular weight is 552 g/mol. The molecule has 1 atom stereocenters. The standard InChI is InChI=1S/C17H18I2N2O3/c1-3-23-17(22)12-8-15(19)16(20-9-12)21-11(2)10-24-14-6-4-13(18)5-7-14/h4-9,11H,3,10H2,1-2H3,(H,20,21)/t11-/m1/s1. The highest BCUT2D eigenvalue weighted by Gasteiger charge is 2.12. The van der Waals surface area contributed by atoms with E-state index in [1.54, 1.807) is 13.0 Å². The zero-order valence-electron chi connectivity index (χ0n) is 13.4. The molecule has 0 spiro atoms. The lowest BCUT2D eigenvalue weighted by atomic mass is 10.2. The number of esters is 1. The van der Waals surface area contributed by atoms with Crippen molar-refractivity contribution in [3.05, 3.63) is 49.2 Å². The van der Waals surface area contributed by atoms with Gasteiger partial charge in [0, 0.05) is 9.77 Å². The monoisotopic (exact) mass is 552 g/mol. The number of carbonyl (C=O) groups is 1. The number of hydrogen-bond donors (Lipinski definition) is 1. The lowest BCUT2D eigenvalue weighted by Gasteiger charge is -2.17. The van der Waals surface area contributed by atoms with E-state index in [0.717, 1.165) is 15.1 Å². The van der Waals surface area contributed by atoms with Gasteiger partial charge in [0.15, 0.2) is 0 Å². The molecule has 0 bridgehead atoms. The molecule has 24 heavy (non-hydrogen) atoms. The molecule has 0 amide bonds. The number of halogens is 2. The van der Waals surface area contributed by atoms with Crippen LogP contribution in [-0.2, 0) is 4.74 Å². The first kappa shape index (κ1) is 19.2. The highest BCUT2D eigenvalue weighted by molar-refractivity contribution is 14.1. The first-order chi connectivity index (χ1) is 11.5. The smallest absolute Gasteiger partial charge is 0.339 e. The summed E-state index contributed by atoms with van der Waals surface area (Å²) in [4.78, 5) is 16.0. The van der Waals surface area contributed by atoms with E-state index < -0.39 is 0 Å². The highest BCUT2D eigenvalue weighted by atomic mass is 127. The minimum absolute atomic E-state index is 0.0683. The third-order valence-corrected chi connectivity index (χ3v) is 4.59. The molecule has 1 aromatic carbocycles. The minimum Gasteiger partial charge on any atom is -0.491 e. The van der Waals surface area contributed by atoms with E-state index in [-0.39, 0.29) is 12.0 Å². The molecule has 0 radical (unpaired) electrons. The largest absolute Gasteiger partial charge is 0.491 e. The quantitative estimate of drug-likeness (QED) is 0.409. The van der Waals surface area contributed by atoms with Crippen LogP contribution < -0.4 is 10.1 Å². The zero-order valence-corrected chi connectivity index (χ0v) is 17.7. The Labute approximate surface area is 168 Å². The van der Waals surface area contributed by atoms with Crippen molar-refractivity contribution in [3.63, 3.8) is 0 Å². The summed E-state index contributed by atoms with van der Waals surface area (Å²) in [6, 6.07) is 9.74. The van der Waals surface area contributed by atoms with Crippen LogP contribution in [0.5, 0.6) is 5.75 Å². The number of rotatable bonds is 7. The summed E-state index contributed by atoms with van der Waals surface area (Å²) in [5, 5.41) is 3.29. The molecule has 1 heterocycles. The van der Waals surface area contributed by atoms with E-state index >= 15 is 0 Å². The zero-order chi connectivity index (χ0) is 17.5. The number of nitrogens with one attached hydrogen (secondary N) is 1. The number of aromatic nitrogens is 1. The normalized spacial score (nSPS) is 11.7. The van der Waals surface area contributed by atoms with Gasteiger partial charge in [-0.3, -0.25) is 0 Å². The molecule has 1 N–H and O–H groups in total. The van der Waals surface area contributed by atoms with Crippen molar-refractivity contribution in [2.24, 2.45) is 0 Å². The third-order valence-electron chi connectivity index (χ3n) is 3.05. The maximum atomic E-state index is 11.7. The molecular formula is C17H18I2N2O3. The number of nitrogens with zero attached hydrogens (tertiary/aromatic N) is 1. The van der Waals surface area contributed by atoms with Gasteiger partial charge in [-0.2, -0.15) is 0 Å². The van der Waals surface area contributed by atoms with Gasteiger partial charge in [-0.15, -0.1) is 0 Å². The number of anilines is 1. The highest BCUT2D eigenvalue weighted by Crippen LogP contribution is 2.19. The van der Waals surface area contributed by atoms with Gasteiger partial charge in [-0.25, -0.2) is 9.78 Å². The van der Waals surface area contributed by atoms with Crippen molar-refractivity contribution in [3.8, 4) is 5.75 Å². The Bertz CT molecular complexity index is 693. The second-order valence-electron chi connectivity index (χ2n) is 5.09. The van der Waals surface area contributed by atoms with Gasteiger partial charge in [-0.1, -0.05) is 0 Å². The number of pyridine rings is 1. The Morgan fingerprint density at radius 3 is 2.62 bits per heavy atom. The fraction of sp³-hybridized carbons (Fsp3) is 0.294. The lowest BCUT2D eigenvalue weighted by molar-refractivity contribution is 0.0526. The lowest BCUT2D eigenvalue weighted by Crippen LogP contribution is -2.24. The van der Waals surface area contributed by atoms with Crippen molar-refractivity contribution in [2.45, 2.75) is 19.9 Å². The average Bonchev–Trinajstić information content (AvgIpc) is 2.56. The van der Waals surface area contributed by atoms with Gasteiger partial charge >= 0.3 is 5.97 Å². The van der Waals surface area contributed by atoms with Gasteiger partial charge in [0.05, 0.1) is 21.8 Å². The van der Waals surface area contributed by atoms with Crippen molar-refractivity contribution in [1.29, 1.82) is 0 Å². The number of benzene rings is 1. The molecule has 128 valence electrons. The van der Waals surface area contributed by atoms with Crippen molar-refractivity contribution in [2.75, 3.05) is 18.5 Å². The molecule has 0 aliphatic rings. The second-order valence-corrected chi connectivity index (χ2v) is 7.49. The fourth-order valence-corrected chi connectivity index (χ4v) is 2.89. The Hall–Kier alpha value is -1.10. The van der Waals surface area contributed by atoms with Gasteiger partial charge in [0.2, 0.25) is 0 Å². The van der Waals surface area contributed by atoms with Crippen LogP contribution in [0.25, 0.3) is 0 Å². The van der Waals surface area contributed by atoms with Crippen LogP contribution in [-0.4, -0.2) is 30.2 Å². The third kappa shape index (κ3) is 5.76. The fourth-order valence-electron chi connectivity index (χ4n) is 1.90. The Morgan fingerprint density at radius 2 is 2.00 bits per heavy atom. The summed E-state index contributed by atoms with van der Waals surface area (Å²) >= 11 is 4.41. The Kier molecular flexibility index (Phi) is 7.53. The van der Waals surface area contributed by atoms with Crippen molar-refractivity contribution < 1.29 is 14.3 Å². The molecule has 0 unspecified atom stereocenters. The first-order valence-electron chi connectivity index (χ1n) is 7.47. The van der Waals surface area contributed by atoms with Crippen LogP contribution >= 0.6 is 45.2 Å². The molecule has 5 nitrogen and oxygen atoms in total. The van der Waals surface area contributed by atoms with Gasteiger partial charge in [0.1, 0.15) is 18.2 Å². The van der Waals surface area contributed by atoms with Crippen molar-refractivity contribution >= 4 is 57.0 Å². The summed E-state index contributed by atoms with van der Waals surface area (Å²) in [6.07, 6.45) is 1.52. The first-order valence-corrected chi connectivity index (χ1v) is 9.63.